The van der Waals surface area contributed by atoms with Gasteiger partial charge in [0.2, 0.25) is 5.95 Å². The van der Waals surface area contributed by atoms with E-state index in [0.29, 0.717) is 13.1 Å². The second kappa shape index (κ2) is 4.48. The van der Waals surface area contributed by atoms with Gasteiger partial charge in [0, 0.05) is 31.9 Å². The summed E-state index contributed by atoms with van der Waals surface area (Å²) in [6.45, 7) is 3.92. The molecule has 1 saturated heterocycles. The molecule has 94 valence electrons. The van der Waals surface area contributed by atoms with Crippen LogP contribution in [-0.4, -0.2) is 35.6 Å². The average Bonchev–Trinajstić information content (AvgIpc) is 2.28. The molecule has 2 rings (SSSR count). The highest BCUT2D eigenvalue weighted by molar-refractivity contribution is 5.32. The molecule has 0 aliphatic carbocycles. The van der Waals surface area contributed by atoms with Crippen LogP contribution in [0.1, 0.15) is 12.6 Å². The number of anilines is 1. The number of piperazine rings is 1. The Kier molecular flexibility index (Phi) is 3.19. The van der Waals surface area contributed by atoms with Gasteiger partial charge >= 0.3 is 6.18 Å². The van der Waals surface area contributed by atoms with Crippen molar-refractivity contribution in [1.82, 2.24) is 15.3 Å². The first-order valence-corrected chi connectivity index (χ1v) is 5.35. The molecule has 7 heteroatoms. The molecule has 17 heavy (non-hydrogen) atoms. The molecule has 0 saturated carbocycles. The van der Waals surface area contributed by atoms with E-state index in [1.54, 1.807) is 4.90 Å². The maximum atomic E-state index is 12.5. The number of nitrogens with one attached hydrogen (secondary N) is 1. The predicted molar refractivity (Wildman–Crippen MR) is 56.7 cm³/mol. The standard InChI is InChI=1S/C10H13F3N4/c1-7-6-17(5-4-14-7)9-15-3-2-8(16-9)10(11,12)13/h2-3,7,14H,4-6H2,1H3/t7-/m1/s1. The SMILES string of the molecule is C[C@@H]1CN(c2nccc(C(F)(F)F)n2)CCN1. The monoisotopic (exact) mass is 246 g/mol. The van der Waals surface area contributed by atoms with Crippen molar-refractivity contribution in [2.45, 2.75) is 19.1 Å². The van der Waals surface area contributed by atoms with Gasteiger partial charge in [-0.05, 0) is 13.0 Å². The third kappa shape index (κ3) is 2.85. The van der Waals surface area contributed by atoms with Crippen LogP contribution in [0.5, 0.6) is 0 Å². The van der Waals surface area contributed by atoms with Gasteiger partial charge in [0.1, 0.15) is 5.69 Å². The molecule has 1 atom stereocenters. The Morgan fingerprint density at radius 1 is 1.47 bits per heavy atom. The third-order valence-corrected chi connectivity index (χ3v) is 2.58. The van der Waals surface area contributed by atoms with Gasteiger partial charge in [0.15, 0.2) is 0 Å². The Bertz CT molecular complexity index is 393. The van der Waals surface area contributed by atoms with E-state index in [9.17, 15) is 13.2 Å². The van der Waals surface area contributed by atoms with Gasteiger partial charge in [0.25, 0.3) is 0 Å². The number of hydrogen-bond acceptors (Lipinski definition) is 4. The zero-order valence-electron chi connectivity index (χ0n) is 9.33. The summed E-state index contributed by atoms with van der Waals surface area (Å²) in [7, 11) is 0. The Hall–Kier alpha value is -1.37. The van der Waals surface area contributed by atoms with Gasteiger partial charge in [-0.3, -0.25) is 0 Å². The zero-order chi connectivity index (χ0) is 12.5. The number of aromatic nitrogens is 2. The summed E-state index contributed by atoms with van der Waals surface area (Å²) in [4.78, 5) is 9.22. The van der Waals surface area contributed by atoms with Crippen LogP contribution < -0.4 is 10.2 Å². The first-order chi connectivity index (χ1) is 7.97. The van der Waals surface area contributed by atoms with Gasteiger partial charge in [0.05, 0.1) is 0 Å². The minimum absolute atomic E-state index is 0.146. The summed E-state index contributed by atoms with van der Waals surface area (Å²) < 4.78 is 37.5. The molecule has 0 aromatic carbocycles. The molecule has 0 radical (unpaired) electrons. The fraction of sp³-hybridized carbons (Fsp3) is 0.600. The van der Waals surface area contributed by atoms with E-state index in [4.69, 9.17) is 0 Å². The van der Waals surface area contributed by atoms with E-state index in [1.807, 2.05) is 6.92 Å². The Balaban J connectivity index is 2.21. The molecule has 1 aliphatic heterocycles. The van der Waals surface area contributed by atoms with Gasteiger partial charge in [-0.25, -0.2) is 9.97 Å². The molecule has 1 aromatic rings. The zero-order valence-corrected chi connectivity index (χ0v) is 9.33. The molecule has 0 amide bonds. The lowest BCUT2D eigenvalue weighted by Crippen LogP contribution is -2.49. The molecule has 1 fully saturated rings. The second-order valence-electron chi connectivity index (χ2n) is 4.04. The lowest BCUT2D eigenvalue weighted by atomic mass is 10.2. The first-order valence-electron chi connectivity index (χ1n) is 5.35. The molecular formula is C10H13F3N4. The molecule has 1 N–H and O–H groups in total. The molecule has 0 unspecified atom stereocenters. The first kappa shape index (κ1) is 12.1. The van der Waals surface area contributed by atoms with Crippen LogP contribution in [0, 0.1) is 0 Å². The molecule has 2 heterocycles. The van der Waals surface area contributed by atoms with Crippen LogP contribution in [-0.2, 0) is 6.18 Å². The molecule has 0 spiro atoms. The number of rotatable bonds is 1. The number of alkyl halides is 3. The summed E-state index contributed by atoms with van der Waals surface area (Å²) in [5.74, 6) is 0.146. The van der Waals surface area contributed by atoms with Crippen molar-refractivity contribution in [3.05, 3.63) is 18.0 Å². The largest absolute Gasteiger partial charge is 0.433 e. The molecule has 4 nitrogen and oxygen atoms in total. The van der Waals surface area contributed by atoms with Crippen molar-refractivity contribution in [1.29, 1.82) is 0 Å². The second-order valence-corrected chi connectivity index (χ2v) is 4.04. The Labute approximate surface area is 96.9 Å². The minimum Gasteiger partial charge on any atom is -0.338 e. The van der Waals surface area contributed by atoms with E-state index in [0.717, 1.165) is 18.8 Å². The quantitative estimate of drug-likeness (QED) is 0.810. The van der Waals surface area contributed by atoms with Gasteiger partial charge in [-0.15, -0.1) is 0 Å². The molecule has 1 aromatic heterocycles. The van der Waals surface area contributed by atoms with Crippen LogP contribution in [0.15, 0.2) is 12.3 Å². The summed E-state index contributed by atoms with van der Waals surface area (Å²) in [6, 6.07) is 1.11. The normalized spacial score (nSPS) is 21.6. The predicted octanol–water partition coefficient (Wildman–Crippen LogP) is 1.29. The lowest BCUT2D eigenvalue weighted by molar-refractivity contribution is -0.141. The lowest BCUT2D eigenvalue weighted by Gasteiger charge is -2.31. The van der Waals surface area contributed by atoms with Gasteiger partial charge in [-0.1, -0.05) is 0 Å². The summed E-state index contributed by atoms with van der Waals surface area (Å²) in [5.41, 5.74) is -0.895. The highest BCUT2D eigenvalue weighted by Crippen LogP contribution is 2.28. The smallest absolute Gasteiger partial charge is 0.338 e. The molecular weight excluding hydrogens is 233 g/mol. The molecule has 1 aliphatic rings. The summed E-state index contributed by atoms with van der Waals surface area (Å²) >= 11 is 0. The van der Waals surface area contributed by atoms with Crippen LogP contribution in [0.25, 0.3) is 0 Å². The number of nitrogens with zero attached hydrogens (tertiary/aromatic N) is 3. The van der Waals surface area contributed by atoms with E-state index in [1.165, 1.54) is 0 Å². The minimum atomic E-state index is -4.42. The Morgan fingerprint density at radius 3 is 2.88 bits per heavy atom. The summed E-state index contributed by atoms with van der Waals surface area (Å²) in [5, 5.41) is 3.21. The van der Waals surface area contributed by atoms with Crippen molar-refractivity contribution in [3.8, 4) is 0 Å². The van der Waals surface area contributed by atoms with Crippen molar-refractivity contribution >= 4 is 5.95 Å². The van der Waals surface area contributed by atoms with Gasteiger partial charge < -0.3 is 10.2 Å². The van der Waals surface area contributed by atoms with Crippen molar-refractivity contribution in [2.75, 3.05) is 24.5 Å². The number of hydrogen-bond donors (Lipinski definition) is 1. The topological polar surface area (TPSA) is 41.1 Å². The maximum absolute atomic E-state index is 12.5. The Morgan fingerprint density at radius 2 is 2.24 bits per heavy atom. The number of halogens is 3. The van der Waals surface area contributed by atoms with Crippen molar-refractivity contribution in [3.63, 3.8) is 0 Å². The highest BCUT2D eigenvalue weighted by atomic mass is 19.4. The van der Waals surface area contributed by atoms with Crippen molar-refractivity contribution in [2.24, 2.45) is 0 Å². The van der Waals surface area contributed by atoms with Crippen LogP contribution >= 0.6 is 0 Å². The van der Waals surface area contributed by atoms with Gasteiger partial charge in [-0.2, -0.15) is 13.2 Å². The van der Waals surface area contributed by atoms with Crippen LogP contribution in [0.4, 0.5) is 19.1 Å². The van der Waals surface area contributed by atoms with E-state index in [2.05, 4.69) is 15.3 Å². The maximum Gasteiger partial charge on any atom is 0.433 e. The molecule has 0 bridgehead atoms. The highest BCUT2D eigenvalue weighted by Gasteiger charge is 2.33. The fourth-order valence-corrected chi connectivity index (χ4v) is 1.77. The van der Waals surface area contributed by atoms with Crippen molar-refractivity contribution < 1.29 is 13.2 Å². The average molecular weight is 246 g/mol. The van der Waals surface area contributed by atoms with Crippen LogP contribution in [0.2, 0.25) is 0 Å². The van der Waals surface area contributed by atoms with E-state index >= 15 is 0 Å². The van der Waals surface area contributed by atoms with E-state index < -0.39 is 11.9 Å². The summed E-state index contributed by atoms with van der Waals surface area (Å²) in [6.07, 6.45) is -3.27. The van der Waals surface area contributed by atoms with Crippen LogP contribution in [0.3, 0.4) is 0 Å². The fourth-order valence-electron chi connectivity index (χ4n) is 1.77. The van der Waals surface area contributed by atoms with E-state index in [-0.39, 0.29) is 12.0 Å². The third-order valence-electron chi connectivity index (χ3n) is 2.58.